The van der Waals surface area contributed by atoms with Crippen LogP contribution in [0.15, 0.2) is 24.4 Å². The quantitative estimate of drug-likeness (QED) is 0.905. The number of Topliss-reactive ketones (excluding diaryl/α,β-unsaturated/α-hetero) is 1. The molecule has 3 rings (SSSR count). The average molecular weight is 325 g/mol. The number of aromatic nitrogens is 2. The van der Waals surface area contributed by atoms with Gasteiger partial charge < -0.3 is 10.3 Å². The Bertz CT molecular complexity index is 762. The van der Waals surface area contributed by atoms with Crippen molar-refractivity contribution in [3.05, 3.63) is 52.6 Å². The first kappa shape index (κ1) is 16.4. The molecule has 0 unspecified atom stereocenters. The lowest BCUT2D eigenvalue weighted by atomic mass is 9.92. The Morgan fingerprint density at radius 1 is 1.29 bits per heavy atom. The first-order chi connectivity index (χ1) is 11.5. The van der Waals surface area contributed by atoms with E-state index >= 15 is 0 Å². The van der Waals surface area contributed by atoms with Gasteiger partial charge in [0, 0.05) is 24.0 Å². The molecule has 0 aliphatic heterocycles. The van der Waals surface area contributed by atoms with E-state index in [1.165, 1.54) is 0 Å². The fourth-order valence-corrected chi connectivity index (χ4v) is 3.37. The van der Waals surface area contributed by atoms with Crippen LogP contribution in [0.1, 0.15) is 70.5 Å². The molecule has 0 spiro atoms. The van der Waals surface area contributed by atoms with Crippen LogP contribution >= 0.6 is 0 Å². The number of pyridine rings is 1. The molecule has 2 aromatic rings. The number of nitrogens with one attached hydrogen (secondary N) is 2. The first-order valence-corrected chi connectivity index (χ1v) is 8.45. The second-order valence-corrected chi connectivity index (χ2v) is 6.71. The van der Waals surface area contributed by atoms with Gasteiger partial charge in [0.2, 0.25) is 0 Å². The SMILES string of the molecule is Cc1[nH]c2c(c1C(=O)N[C@@H](c1ccccn1)C(C)C)C(=O)CCC2. The number of rotatable bonds is 4. The van der Waals surface area contributed by atoms with Crippen molar-refractivity contribution >= 4 is 11.7 Å². The third-order valence-electron chi connectivity index (χ3n) is 4.56. The Balaban J connectivity index is 1.92. The number of hydrogen-bond donors (Lipinski definition) is 2. The molecule has 0 bridgehead atoms. The van der Waals surface area contributed by atoms with Crippen molar-refractivity contribution in [1.29, 1.82) is 0 Å². The van der Waals surface area contributed by atoms with Gasteiger partial charge >= 0.3 is 0 Å². The number of hydrogen-bond acceptors (Lipinski definition) is 3. The molecule has 2 N–H and O–H groups in total. The number of aromatic amines is 1. The summed E-state index contributed by atoms with van der Waals surface area (Å²) in [5.41, 5.74) is 3.56. The Morgan fingerprint density at radius 3 is 2.75 bits per heavy atom. The molecule has 0 saturated heterocycles. The van der Waals surface area contributed by atoms with E-state index in [0.29, 0.717) is 17.5 Å². The van der Waals surface area contributed by atoms with Gasteiger partial charge in [0.1, 0.15) is 0 Å². The van der Waals surface area contributed by atoms with E-state index in [1.54, 1.807) is 6.20 Å². The zero-order chi connectivity index (χ0) is 17.3. The minimum atomic E-state index is -0.204. The van der Waals surface area contributed by atoms with Crippen LogP contribution in [-0.4, -0.2) is 21.7 Å². The van der Waals surface area contributed by atoms with Crippen LogP contribution in [0.3, 0.4) is 0 Å². The van der Waals surface area contributed by atoms with Crippen LogP contribution in [0.2, 0.25) is 0 Å². The maximum Gasteiger partial charge on any atom is 0.254 e. The molecule has 126 valence electrons. The lowest BCUT2D eigenvalue weighted by molar-refractivity contribution is 0.0906. The third-order valence-corrected chi connectivity index (χ3v) is 4.56. The zero-order valence-electron chi connectivity index (χ0n) is 14.3. The van der Waals surface area contributed by atoms with Crippen molar-refractivity contribution in [3.8, 4) is 0 Å². The lowest BCUT2D eigenvalue weighted by Gasteiger charge is -2.22. The fraction of sp³-hybridized carbons (Fsp3) is 0.421. The summed E-state index contributed by atoms with van der Waals surface area (Å²) < 4.78 is 0. The number of carbonyl (C=O) groups is 2. The van der Waals surface area contributed by atoms with Gasteiger partial charge in [0.25, 0.3) is 5.91 Å². The van der Waals surface area contributed by atoms with Crippen molar-refractivity contribution in [2.75, 3.05) is 0 Å². The Hall–Kier alpha value is -2.43. The predicted molar refractivity (Wildman–Crippen MR) is 92.1 cm³/mol. The topological polar surface area (TPSA) is 74.8 Å². The lowest BCUT2D eigenvalue weighted by Crippen LogP contribution is -2.33. The van der Waals surface area contributed by atoms with E-state index < -0.39 is 0 Å². The van der Waals surface area contributed by atoms with Crippen molar-refractivity contribution in [2.45, 2.75) is 46.1 Å². The van der Waals surface area contributed by atoms with Gasteiger partial charge in [-0.1, -0.05) is 19.9 Å². The largest absolute Gasteiger partial charge is 0.361 e. The molecule has 5 nitrogen and oxygen atoms in total. The molecule has 0 radical (unpaired) electrons. The molecule has 1 atom stereocenters. The Morgan fingerprint density at radius 2 is 2.08 bits per heavy atom. The highest BCUT2D eigenvalue weighted by atomic mass is 16.2. The molecule has 2 heterocycles. The van der Waals surface area contributed by atoms with Crippen LogP contribution in [-0.2, 0) is 6.42 Å². The molecular weight excluding hydrogens is 302 g/mol. The summed E-state index contributed by atoms with van der Waals surface area (Å²) in [7, 11) is 0. The van der Waals surface area contributed by atoms with E-state index in [9.17, 15) is 9.59 Å². The Kier molecular flexibility index (Phi) is 4.51. The van der Waals surface area contributed by atoms with Gasteiger partial charge in [-0.15, -0.1) is 0 Å². The van der Waals surface area contributed by atoms with Crippen LogP contribution in [0, 0.1) is 12.8 Å². The Labute approximate surface area is 141 Å². The number of H-pyrrole nitrogens is 1. The molecular formula is C19H23N3O2. The number of amides is 1. The van der Waals surface area contributed by atoms with E-state index in [1.807, 2.05) is 39.0 Å². The molecule has 0 aromatic carbocycles. The molecule has 0 saturated carbocycles. The van der Waals surface area contributed by atoms with E-state index in [4.69, 9.17) is 0 Å². The van der Waals surface area contributed by atoms with Crippen LogP contribution in [0.5, 0.6) is 0 Å². The molecule has 5 heteroatoms. The van der Waals surface area contributed by atoms with Gasteiger partial charge in [-0.05, 0) is 37.8 Å². The zero-order valence-corrected chi connectivity index (χ0v) is 14.3. The summed E-state index contributed by atoms with van der Waals surface area (Å²) in [5.74, 6) is 0.0453. The second-order valence-electron chi connectivity index (χ2n) is 6.71. The third kappa shape index (κ3) is 2.98. The van der Waals surface area contributed by atoms with E-state index in [2.05, 4.69) is 15.3 Å². The summed E-state index contributed by atoms with van der Waals surface area (Å²) in [5, 5.41) is 3.07. The molecule has 2 aromatic heterocycles. The average Bonchev–Trinajstić information content (AvgIpc) is 2.90. The van der Waals surface area contributed by atoms with Gasteiger partial charge in [-0.25, -0.2) is 0 Å². The smallest absolute Gasteiger partial charge is 0.254 e. The monoisotopic (exact) mass is 325 g/mol. The van der Waals surface area contributed by atoms with Crippen molar-refractivity contribution in [3.63, 3.8) is 0 Å². The highest BCUT2D eigenvalue weighted by molar-refractivity contribution is 6.10. The second kappa shape index (κ2) is 6.59. The molecule has 1 aliphatic rings. The summed E-state index contributed by atoms with van der Waals surface area (Å²) in [6.45, 7) is 5.94. The predicted octanol–water partition coefficient (Wildman–Crippen LogP) is 3.36. The number of nitrogens with zero attached hydrogens (tertiary/aromatic N) is 1. The molecule has 1 amide bonds. The summed E-state index contributed by atoms with van der Waals surface area (Å²) >= 11 is 0. The number of ketones is 1. The number of aryl methyl sites for hydroxylation is 2. The minimum Gasteiger partial charge on any atom is -0.361 e. The molecule has 1 aliphatic carbocycles. The number of fused-ring (bicyclic) bond motifs is 1. The van der Waals surface area contributed by atoms with Gasteiger partial charge in [-0.2, -0.15) is 0 Å². The normalized spacial score (nSPS) is 15.2. The highest BCUT2D eigenvalue weighted by Gasteiger charge is 2.30. The van der Waals surface area contributed by atoms with Gasteiger partial charge in [0.15, 0.2) is 5.78 Å². The summed E-state index contributed by atoms with van der Waals surface area (Å²) in [4.78, 5) is 32.8. The van der Waals surface area contributed by atoms with Crippen LogP contribution in [0.25, 0.3) is 0 Å². The highest BCUT2D eigenvalue weighted by Crippen LogP contribution is 2.28. The van der Waals surface area contributed by atoms with E-state index in [0.717, 1.165) is 29.9 Å². The van der Waals surface area contributed by atoms with Crippen LogP contribution in [0.4, 0.5) is 0 Å². The minimum absolute atomic E-state index is 0.0599. The van der Waals surface area contributed by atoms with Crippen molar-refractivity contribution in [1.82, 2.24) is 15.3 Å². The van der Waals surface area contributed by atoms with Crippen LogP contribution < -0.4 is 5.32 Å². The van der Waals surface area contributed by atoms with Gasteiger partial charge in [0.05, 0.1) is 22.9 Å². The maximum atomic E-state index is 12.9. The fourth-order valence-electron chi connectivity index (χ4n) is 3.37. The van der Waals surface area contributed by atoms with Crippen molar-refractivity contribution < 1.29 is 9.59 Å². The van der Waals surface area contributed by atoms with E-state index in [-0.39, 0.29) is 23.7 Å². The maximum absolute atomic E-state index is 12.9. The number of carbonyl (C=O) groups excluding carboxylic acids is 2. The summed E-state index contributed by atoms with van der Waals surface area (Å²) in [6, 6.07) is 5.49. The first-order valence-electron chi connectivity index (χ1n) is 8.45. The standard InChI is InChI=1S/C19H23N3O2/c1-11(2)18(14-7-4-5-10-20-14)22-19(24)16-12(3)21-13-8-6-9-15(23)17(13)16/h4-5,7,10-11,18,21H,6,8-9H2,1-3H3,(H,22,24)/t18-/m1/s1. The summed E-state index contributed by atoms with van der Waals surface area (Å²) in [6.07, 6.45) is 3.90. The molecule has 0 fully saturated rings. The van der Waals surface area contributed by atoms with Crippen molar-refractivity contribution in [2.24, 2.45) is 5.92 Å². The molecule has 24 heavy (non-hydrogen) atoms. The van der Waals surface area contributed by atoms with Gasteiger partial charge in [-0.3, -0.25) is 14.6 Å².